The number of carbonyl (C=O) groups excluding carboxylic acids is 3. The van der Waals surface area contributed by atoms with Crippen molar-refractivity contribution in [3.63, 3.8) is 0 Å². The van der Waals surface area contributed by atoms with Gasteiger partial charge in [-0.2, -0.15) is 0 Å². The Kier molecular flexibility index (Phi) is 4.25. The molecule has 0 unspecified atom stereocenters. The molecule has 0 bridgehead atoms. The number of hydrogen-bond acceptors (Lipinski definition) is 3. The third kappa shape index (κ3) is 3.90. The molecule has 6 nitrogen and oxygen atoms in total. The van der Waals surface area contributed by atoms with Crippen LogP contribution in [0.25, 0.3) is 0 Å². The van der Waals surface area contributed by atoms with Crippen molar-refractivity contribution in [2.75, 3.05) is 6.54 Å². The summed E-state index contributed by atoms with van der Waals surface area (Å²) in [5.74, 6) is -0.711. The third-order valence-corrected chi connectivity index (χ3v) is 2.57. The van der Waals surface area contributed by atoms with E-state index < -0.39 is 6.04 Å². The Bertz CT molecular complexity index is 365. The van der Waals surface area contributed by atoms with E-state index in [9.17, 15) is 14.4 Å². The minimum Gasteiger partial charge on any atom is -0.355 e. The van der Waals surface area contributed by atoms with Gasteiger partial charge in [-0.3, -0.25) is 14.4 Å². The molecule has 0 aromatic heterocycles. The lowest BCUT2D eigenvalue weighted by Gasteiger charge is -2.17. The summed E-state index contributed by atoms with van der Waals surface area (Å²) in [4.78, 5) is 33.4. The Morgan fingerprint density at radius 1 is 1.53 bits per heavy atom. The number of carbonyl (C=O) groups is 3. The molecule has 3 amide bonds. The van der Waals surface area contributed by atoms with Crippen LogP contribution < -0.4 is 16.0 Å². The molecule has 0 radical (unpaired) electrons. The van der Waals surface area contributed by atoms with E-state index in [1.54, 1.807) is 6.92 Å². The molecule has 0 aromatic carbocycles. The predicted octanol–water partition coefficient (Wildman–Crippen LogP) is -0.723. The first kappa shape index (κ1) is 13.2. The molecule has 0 aliphatic carbocycles. The van der Waals surface area contributed by atoms with E-state index in [1.807, 2.05) is 0 Å². The largest absolute Gasteiger partial charge is 0.355 e. The van der Waals surface area contributed by atoms with Crippen LogP contribution in [0.2, 0.25) is 0 Å². The van der Waals surface area contributed by atoms with Crippen LogP contribution in [0.5, 0.6) is 0 Å². The summed E-state index contributed by atoms with van der Waals surface area (Å²) >= 11 is 0. The van der Waals surface area contributed by atoms with E-state index in [-0.39, 0.29) is 23.6 Å². The second-order valence-electron chi connectivity index (χ2n) is 4.14. The van der Waals surface area contributed by atoms with E-state index in [0.717, 1.165) is 0 Å². The van der Waals surface area contributed by atoms with Crippen LogP contribution >= 0.6 is 0 Å². The van der Waals surface area contributed by atoms with Crippen LogP contribution in [0.15, 0.2) is 12.3 Å². The summed E-state index contributed by atoms with van der Waals surface area (Å²) in [6, 6.07) is -0.616. The Morgan fingerprint density at radius 3 is 2.65 bits per heavy atom. The van der Waals surface area contributed by atoms with Crippen molar-refractivity contribution in [3.05, 3.63) is 12.3 Å². The topological polar surface area (TPSA) is 87.3 Å². The first-order valence-electron chi connectivity index (χ1n) is 5.43. The third-order valence-electron chi connectivity index (χ3n) is 2.57. The first-order chi connectivity index (χ1) is 7.90. The van der Waals surface area contributed by atoms with E-state index in [1.165, 1.54) is 6.92 Å². The zero-order chi connectivity index (χ0) is 13.0. The fourth-order valence-corrected chi connectivity index (χ4v) is 1.59. The van der Waals surface area contributed by atoms with Gasteiger partial charge >= 0.3 is 0 Å². The predicted molar refractivity (Wildman–Crippen MR) is 61.7 cm³/mol. The molecule has 3 N–H and O–H groups in total. The van der Waals surface area contributed by atoms with Crippen LogP contribution in [0.4, 0.5) is 0 Å². The van der Waals surface area contributed by atoms with Gasteiger partial charge in [-0.15, -0.1) is 0 Å². The van der Waals surface area contributed by atoms with E-state index in [0.29, 0.717) is 18.7 Å². The molecule has 6 heteroatoms. The van der Waals surface area contributed by atoms with Gasteiger partial charge in [0.15, 0.2) is 0 Å². The Hall–Kier alpha value is -1.85. The van der Waals surface area contributed by atoms with Gasteiger partial charge in [-0.1, -0.05) is 6.58 Å². The van der Waals surface area contributed by atoms with Gasteiger partial charge < -0.3 is 16.0 Å². The summed E-state index contributed by atoms with van der Waals surface area (Å²) in [6.07, 6.45) is 0.341. The van der Waals surface area contributed by atoms with Gasteiger partial charge in [0.25, 0.3) is 0 Å². The average Bonchev–Trinajstić information content (AvgIpc) is 2.63. The minimum absolute atomic E-state index is 0.0414. The first-order valence-corrected chi connectivity index (χ1v) is 5.43. The highest BCUT2D eigenvalue weighted by Gasteiger charge is 2.25. The van der Waals surface area contributed by atoms with Crippen molar-refractivity contribution in [3.8, 4) is 0 Å². The van der Waals surface area contributed by atoms with Crippen molar-refractivity contribution in [1.82, 2.24) is 16.0 Å². The van der Waals surface area contributed by atoms with Gasteiger partial charge in [0.05, 0.1) is 0 Å². The molecule has 1 heterocycles. The van der Waals surface area contributed by atoms with Gasteiger partial charge in [-0.05, 0) is 6.92 Å². The normalized spacial score (nSPS) is 20.4. The molecular weight excluding hydrogens is 222 g/mol. The lowest BCUT2D eigenvalue weighted by Crippen LogP contribution is -2.44. The van der Waals surface area contributed by atoms with Gasteiger partial charge in [-0.25, -0.2) is 0 Å². The van der Waals surface area contributed by atoms with Gasteiger partial charge in [0.1, 0.15) is 6.04 Å². The summed E-state index contributed by atoms with van der Waals surface area (Å²) in [7, 11) is 0. The average molecular weight is 239 g/mol. The molecule has 94 valence electrons. The molecule has 1 rings (SSSR count). The maximum absolute atomic E-state index is 11.6. The summed E-state index contributed by atoms with van der Waals surface area (Å²) in [5, 5.41) is 7.74. The maximum Gasteiger partial charge on any atom is 0.246 e. The molecule has 0 spiro atoms. The number of nitrogens with one attached hydrogen (secondary N) is 3. The molecule has 1 fully saturated rings. The van der Waals surface area contributed by atoms with Crippen LogP contribution in [0, 0.1) is 5.92 Å². The van der Waals surface area contributed by atoms with Crippen LogP contribution in [-0.4, -0.2) is 30.3 Å². The smallest absolute Gasteiger partial charge is 0.246 e. The second-order valence-corrected chi connectivity index (χ2v) is 4.14. The molecule has 1 aliphatic heterocycles. The molecule has 1 aliphatic rings. The Morgan fingerprint density at radius 2 is 2.18 bits per heavy atom. The molecular formula is C11H17N3O3. The van der Waals surface area contributed by atoms with Gasteiger partial charge in [0.2, 0.25) is 17.7 Å². The SMILES string of the molecule is C=C(NC(=O)[C@H](C)NC(C)=O)[C@H]1CNC(=O)C1. The highest BCUT2D eigenvalue weighted by molar-refractivity contribution is 5.87. The zero-order valence-electron chi connectivity index (χ0n) is 10.0. The quantitative estimate of drug-likeness (QED) is 0.605. The second kappa shape index (κ2) is 5.47. The number of rotatable bonds is 4. The van der Waals surface area contributed by atoms with Crippen molar-refractivity contribution in [2.45, 2.75) is 26.3 Å². The molecule has 0 aromatic rings. The highest BCUT2D eigenvalue weighted by atomic mass is 16.2. The fraction of sp³-hybridized carbons (Fsp3) is 0.545. The van der Waals surface area contributed by atoms with Crippen molar-refractivity contribution >= 4 is 17.7 Å². The van der Waals surface area contributed by atoms with E-state index >= 15 is 0 Å². The Labute approximate surface area is 99.8 Å². The fourth-order valence-electron chi connectivity index (χ4n) is 1.59. The lowest BCUT2D eigenvalue weighted by molar-refractivity contribution is -0.127. The van der Waals surface area contributed by atoms with E-state index in [4.69, 9.17) is 0 Å². The summed E-state index contributed by atoms with van der Waals surface area (Å²) in [6.45, 7) is 7.16. The molecule has 1 saturated heterocycles. The minimum atomic E-state index is -0.616. The highest BCUT2D eigenvalue weighted by Crippen LogP contribution is 2.15. The summed E-state index contributed by atoms with van der Waals surface area (Å²) in [5.41, 5.74) is 0.505. The van der Waals surface area contributed by atoms with Gasteiger partial charge in [0, 0.05) is 31.5 Å². The molecule has 17 heavy (non-hydrogen) atoms. The summed E-state index contributed by atoms with van der Waals surface area (Å²) < 4.78 is 0. The monoisotopic (exact) mass is 239 g/mol. The maximum atomic E-state index is 11.6. The standard InChI is InChI=1S/C11H17N3O3/c1-6(9-4-10(16)12-5-9)14-11(17)7(2)13-8(3)15/h7,9H,1,4-5H2,2-3H3,(H,12,16)(H,13,15)(H,14,17)/t7-,9+/m0/s1. The lowest BCUT2D eigenvalue weighted by atomic mass is 10.1. The van der Waals surface area contributed by atoms with Crippen LogP contribution in [0.1, 0.15) is 20.3 Å². The van der Waals surface area contributed by atoms with Crippen molar-refractivity contribution < 1.29 is 14.4 Å². The molecule has 0 saturated carbocycles. The van der Waals surface area contributed by atoms with Crippen molar-refractivity contribution in [2.24, 2.45) is 5.92 Å². The molecule has 2 atom stereocenters. The van der Waals surface area contributed by atoms with Crippen molar-refractivity contribution in [1.29, 1.82) is 0 Å². The number of amides is 3. The van der Waals surface area contributed by atoms with E-state index in [2.05, 4.69) is 22.5 Å². The van der Waals surface area contributed by atoms with Crippen LogP contribution in [0.3, 0.4) is 0 Å². The zero-order valence-corrected chi connectivity index (χ0v) is 10.0. The Balaban J connectivity index is 2.43. The van der Waals surface area contributed by atoms with Crippen LogP contribution in [-0.2, 0) is 14.4 Å². The number of hydrogen-bond donors (Lipinski definition) is 3.